The van der Waals surface area contributed by atoms with E-state index >= 15 is 0 Å². The van der Waals surface area contributed by atoms with Crippen molar-refractivity contribution in [3.8, 4) is 0 Å². The van der Waals surface area contributed by atoms with E-state index in [4.69, 9.17) is 4.74 Å². The van der Waals surface area contributed by atoms with Gasteiger partial charge >= 0.3 is 5.97 Å². The van der Waals surface area contributed by atoms with Crippen LogP contribution in [0.5, 0.6) is 0 Å². The van der Waals surface area contributed by atoms with Crippen LogP contribution < -0.4 is 0 Å². The van der Waals surface area contributed by atoms with E-state index < -0.39 is 6.10 Å². The Morgan fingerprint density at radius 1 is 1.39 bits per heavy atom. The summed E-state index contributed by atoms with van der Waals surface area (Å²) in [6.07, 6.45) is 5.56. The van der Waals surface area contributed by atoms with E-state index in [0.29, 0.717) is 11.8 Å². The van der Waals surface area contributed by atoms with Gasteiger partial charge in [0.2, 0.25) is 0 Å². The third kappa shape index (κ3) is 1.43. The van der Waals surface area contributed by atoms with Gasteiger partial charge in [-0.15, -0.1) is 0 Å². The second kappa shape index (κ2) is 3.83. The minimum Gasteiger partial charge on any atom is -0.461 e. The maximum absolute atomic E-state index is 11.8. The van der Waals surface area contributed by atoms with Gasteiger partial charge in [0.05, 0.1) is 12.0 Å². The average Bonchev–Trinajstić information content (AvgIpc) is 2.60. The largest absolute Gasteiger partial charge is 0.461 e. The lowest BCUT2D eigenvalue weighted by molar-refractivity contribution is -0.154. The minimum absolute atomic E-state index is 0.000787. The van der Waals surface area contributed by atoms with Gasteiger partial charge in [-0.05, 0) is 18.8 Å². The summed E-state index contributed by atoms with van der Waals surface area (Å²) in [6, 6.07) is 0. The SMILES string of the molecule is C[C@@H]1C=C[C@H](O)[C@]2(C)CC[C@@H]3[C@@H](OC(=O)[C@H]3C)[C@@H]12. The number of esters is 1. The zero-order valence-corrected chi connectivity index (χ0v) is 11.3. The molecule has 0 aromatic carbocycles. The molecule has 0 radical (unpaired) electrons. The molecule has 0 aromatic rings. The Labute approximate surface area is 108 Å². The van der Waals surface area contributed by atoms with Crippen molar-refractivity contribution in [1.82, 2.24) is 0 Å². The molecule has 1 saturated carbocycles. The Morgan fingerprint density at radius 2 is 2.11 bits per heavy atom. The minimum atomic E-state index is -0.408. The second-order valence-electron chi connectivity index (χ2n) is 6.61. The van der Waals surface area contributed by atoms with E-state index in [0.717, 1.165) is 12.8 Å². The summed E-state index contributed by atoms with van der Waals surface area (Å²) in [5, 5.41) is 10.3. The topological polar surface area (TPSA) is 46.5 Å². The molecule has 1 N–H and O–H groups in total. The quantitative estimate of drug-likeness (QED) is 0.529. The number of rotatable bonds is 0. The average molecular weight is 250 g/mol. The van der Waals surface area contributed by atoms with Crippen molar-refractivity contribution in [2.45, 2.75) is 45.8 Å². The van der Waals surface area contributed by atoms with E-state index in [9.17, 15) is 9.90 Å². The first-order valence-corrected chi connectivity index (χ1v) is 7.02. The zero-order chi connectivity index (χ0) is 13.1. The first kappa shape index (κ1) is 12.2. The molecule has 0 bridgehead atoms. The number of hydrogen-bond donors (Lipinski definition) is 1. The van der Waals surface area contributed by atoms with Crippen molar-refractivity contribution in [2.24, 2.45) is 29.1 Å². The smallest absolute Gasteiger partial charge is 0.309 e. The highest BCUT2D eigenvalue weighted by atomic mass is 16.6. The zero-order valence-electron chi connectivity index (χ0n) is 11.3. The summed E-state index contributed by atoms with van der Waals surface area (Å²) in [6.45, 7) is 6.30. The molecule has 3 aliphatic rings. The maximum atomic E-state index is 11.8. The molecule has 1 saturated heterocycles. The van der Waals surface area contributed by atoms with E-state index in [1.807, 2.05) is 13.0 Å². The number of carbonyl (C=O) groups excluding carboxylic acids is 1. The Hall–Kier alpha value is -0.830. The molecule has 1 aliphatic heterocycles. The molecule has 3 heteroatoms. The van der Waals surface area contributed by atoms with Crippen LogP contribution in [-0.2, 0) is 9.53 Å². The molecular formula is C15H22O3. The Kier molecular flexibility index (Phi) is 2.60. The number of aliphatic hydroxyl groups is 1. The molecule has 100 valence electrons. The molecule has 3 rings (SSSR count). The first-order valence-electron chi connectivity index (χ1n) is 7.02. The lowest BCUT2D eigenvalue weighted by Crippen LogP contribution is -2.53. The van der Waals surface area contributed by atoms with Crippen LogP contribution in [0.1, 0.15) is 33.6 Å². The van der Waals surface area contributed by atoms with Crippen molar-refractivity contribution in [2.75, 3.05) is 0 Å². The Morgan fingerprint density at radius 3 is 2.83 bits per heavy atom. The van der Waals surface area contributed by atoms with E-state index in [1.54, 1.807) is 0 Å². The number of allylic oxidation sites excluding steroid dienone is 1. The van der Waals surface area contributed by atoms with Gasteiger partial charge in [-0.25, -0.2) is 0 Å². The summed E-state index contributed by atoms with van der Waals surface area (Å²) in [7, 11) is 0. The van der Waals surface area contributed by atoms with Gasteiger partial charge in [0.25, 0.3) is 0 Å². The van der Waals surface area contributed by atoms with Gasteiger partial charge in [-0.2, -0.15) is 0 Å². The van der Waals surface area contributed by atoms with Crippen molar-refractivity contribution in [1.29, 1.82) is 0 Å². The van der Waals surface area contributed by atoms with Crippen LogP contribution in [0.25, 0.3) is 0 Å². The molecule has 1 heterocycles. The van der Waals surface area contributed by atoms with Gasteiger partial charge in [-0.3, -0.25) is 4.79 Å². The van der Waals surface area contributed by atoms with Gasteiger partial charge < -0.3 is 9.84 Å². The van der Waals surface area contributed by atoms with E-state index in [-0.39, 0.29) is 29.3 Å². The standard InChI is InChI=1S/C15H22O3/c1-8-4-5-11(16)15(3)7-6-10-9(2)14(17)18-13(10)12(8)15/h4-5,8-13,16H,6-7H2,1-3H3/t8-,9+,10+,11+,12-,13-,15+/m1/s1. The van der Waals surface area contributed by atoms with E-state index in [1.165, 1.54) is 0 Å². The first-order chi connectivity index (χ1) is 8.45. The van der Waals surface area contributed by atoms with Crippen molar-refractivity contribution in [3.05, 3.63) is 12.2 Å². The van der Waals surface area contributed by atoms with E-state index in [2.05, 4.69) is 19.9 Å². The number of ether oxygens (including phenoxy) is 1. The molecule has 0 unspecified atom stereocenters. The number of hydrogen-bond acceptors (Lipinski definition) is 3. The van der Waals surface area contributed by atoms with Crippen LogP contribution in [0.4, 0.5) is 0 Å². The Bertz CT molecular complexity index is 403. The van der Waals surface area contributed by atoms with Crippen LogP contribution in [0.3, 0.4) is 0 Å². The second-order valence-corrected chi connectivity index (χ2v) is 6.61. The van der Waals surface area contributed by atoms with Crippen molar-refractivity contribution >= 4 is 5.97 Å². The summed E-state index contributed by atoms with van der Waals surface area (Å²) in [4.78, 5) is 11.8. The fourth-order valence-corrected chi connectivity index (χ4v) is 4.43. The third-order valence-electron chi connectivity index (χ3n) is 5.66. The molecule has 18 heavy (non-hydrogen) atoms. The fraction of sp³-hybridized carbons (Fsp3) is 0.800. The summed E-state index contributed by atoms with van der Waals surface area (Å²) in [5.74, 6) is 0.937. The predicted molar refractivity (Wildman–Crippen MR) is 67.7 cm³/mol. The molecule has 7 atom stereocenters. The molecule has 0 spiro atoms. The highest BCUT2D eigenvalue weighted by Crippen LogP contribution is 2.56. The number of carbonyl (C=O) groups is 1. The van der Waals surface area contributed by atoms with Crippen LogP contribution in [0.2, 0.25) is 0 Å². The summed E-state index contributed by atoms with van der Waals surface area (Å²) < 4.78 is 5.65. The predicted octanol–water partition coefficient (Wildman–Crippen LogP) is 2.15. The highest BCUT2D eigenvalue weighted by Gasteiger charge is 2.58. The number of aliphatic hydroxyl groups excluding tert-OH is 1. The van der Waals surface area contributed by atoms with Crippen LogP contribution in [0, 0.1) is 29.1 Å². The lowest BCUT2D eigenvalue weighted by Gasteiger charge is -2.52. The van der Waals surface area contributed by atoms with Crippen LogP contribution in [-0.4, -0.2) is 23.3 Å². The molecule has 0 amide bonds. The monoisotopic (exact) mass is 250 g/mol. The molecule has 2 fully saturated rings. The number of fused-ring (bicyclic) bond motifs is 3. The van der Waals surface area contributed by atoms with Gasteiger partial charge in [-0.1, -0.05) is 32.9 Å². The third-order valence-corrected chi connectivity index (χ3v) is 5.66. The summed E-state index contributed by atoms with van der Waals surface area (Å²) >= 11 is 0. The normalized spacial score (nSPS) is 54.8. The molecule has 0 aromatic heterocycles. The van der Waals surface area contributed by atoms with Gasteiger partial charge in [0.15, 0.2) is 0 Å². The van der Waals surface area contributed by atoms with Crippen molar-refractivity contribution < 1.29 is 14.6 Å². The maximum Gasteiger partial charge on any atom is 0.309 e. The van der Waals surface area contributed by atoms with Crippen LogP contribution in [0.15, 0.2) is 12.2 Å². The van der Waals surface area contributed by atoms with Gasteiger partial charge in [0.1, 0.15) is 6.10 Å². The lowest BCUT2D eigenvalue weighted by atomic mass is 9.54. The highest BCUT2D eigenvalue weighted by molar-refractivity contribution is 5.75. The molecule has 2 aliphatic carbocycles. The van der Waals surface area contributed by atoms with Crippen molar-refractivity contribution in [3.63, 3.8) is 0 Å². The Balaban J connectivity index is 1.99. The van der Waals surface area contributed by atoms with Gasteiger partial charge in [0, 0.05) is 17.3 Å². The van der Waals surface area contributed by atoms with Crippen LogP contribution >= 0.6 is 0 Å². The summed E-state index contributed by atoms with van der Waals surface area (Å²) in [5.41, 5.74) is -0.139. The fourth-order valence-electron chi connectivity index (χ4n) is 4.43. The molecule has 3 nitrogen and oxygen atoms in total. The molecular weight excluding hydrogens is 228 g/mol.